The molecule has 1 spiro atoms. The average molecular weight is 637 g/mol. The molecule has 1 nitrogen and oxygen atoms in total. The minimum Gasteiger partial charge on any atom is -0.308 e. The molecule has 0 saturated carbocycles. The van der Waals surface area contributed by atoms with Crippen molar-refractivity contribution < 1.29 is 0 Å². The standard InChI is InChI=1S/C40H27BrClN/c1-39(2)34-23-24(42)19-20-28(34)29-21-22-33-38(36(29)39)43(25-11-4-3-5-12-25)37-32(17-10-18-35(37)41)40(33)30-15-8-6-13-26(30)27-14-7-9-16-31(27)40/h3-23H,1-2H3. The average Bonchev–Trinajstić information content (AvgIpc) is 3.45. The van der Waals surface area contributed by atoms with Crippen molar-refractivity contribution in [3.8, 4) is 22.3 Å². The Balaban J connectivity index is 1.52. The molecule has 0 bridgehead atoms. The molecule has 0 unspecified atom stereocenters. The summed E-state index contributed by atoms with van der Waals surface area (Å²) in [6.45, 7) is 4.71. The first-order valence-electron chi connectivity index (χ1n) is 14.8. The zero-order valence-electron chi connectivity index (χ0n) is 23.8. The predicted molar refractivity (Wildman–Crippen MR) is 182 cm³/mol. The third-order valence-electron chi connectivity index (χ3n) is 9.96. The van der Waals surface area contributed by atoms with E-state index in [4.69, 9.17) is 11.6 Å². The monoisotopic (exact) mass is 635 g/mol. The summed E-state index contributed by atoms with van der Waals surface area (Å²) >= 11 is 10.7. The van der Waals surface area contributed by atoms with Crippen molar-refractivity contribution >= 4 is 44.6 Å². The number of anilines is 3. The molecule has 0 saturated heterocycles. The van der Waals surface area contributed by atoms with Crippen LogP contribution in [0.2, 0.25) is 5.02 Å². The molecule has 1 heterocycles. The van der Waals surface area contributed by atoms with Gasteiger partial charge in [-0.3, -0.25) is 0 Å². The summed E-state index contributed by atoms with van der Waals surface area (Å²) in [5, 5.41) is 0.775. The van der Waals surface area contributed by atoms with Crippen LogP contribution in [-0.2, 0) is 10.8 Å². The van der Waals surface area contributed by atoms with Gasteiger partial charge in [0.1, 0.15) is 0 Å². The first-order valence-corrected chi connectivity index (χ1v) is 15.9. The quantitative estimate of drug-likeness (QED) is 0.173. The SMILES string of the molecule is CC1(C)c2cc(Cl)ccc2-c2ccc3c(c21)N(c1ccccc1)c1c(Br)cccc1C31c2ccccc2-c2ccccc21. The Kier molecular flexibility index (Phi) is 5.15. The summed E-state index contributed by atoms with van der Waals surface area (Å²) < 4.78 is 1.08. The van der Waals surface area contributed by atoms with Gasteiger partial charge in [0.15, 0.2) is 0 Å². The summed E-state index contributed by atoms with van der Waals surface area (Å²) in [4.78, 5) is 2.51. The van der Waals surface area contributed by atoms with Gasteiger partial charge in [0, 0.05) is 20.6 Å². The molecule has 0 aromatic heterocycles. The van der Waals surface area contributed by atoms with E-state index in [1.807, 2.05) is 6.07 Å². The lowest BCUT2D eigenvalue weighted by molar-refractivity contribution is 0.653. The van der Waals surface area contributed by atoms with Gasteiger partial charge >= 0.3 is 0 Å². The van der Waals surface area contributed by atoms with Crippen LogP contribution in [0.4, 0.5) is 17.1 Å². The van der Waals surface area contributed by atoms with Crippen molar-refractivity contribution in [2.45, 2.75) is 24.7 Å². The van der Waals surface area contributed by atoms with Crippen molar-refractivity contribution in [2.24, 2.45) is 0 Å². The summed E-state index contributed by atoms with van der Waals surface area (Å²) in [5.74, 6) is 0. The van der Waals surface area contributed by atoms with Crippen molar-refractivity contribution in [3.63, 3.8) is 0 Å². The number of fused-ring (bicyclic) bond motifs is 13. The van der Waals surface area contributed by atoms with Crippen LogP contribution in [0.3, 0.4) is 0 Å². The van der Waals surface area contributed by atoms with Gasteiger partial charge in [-0.25, -0.2) is 0 Å². The lowest BCUT2D eigenvalue weighted by atomic mass is 9.63. The van der Waals surface area contributed by atoms with Crippen molar-refractivity contribution in [2.75, 3.05) is 4.90 Å². The summed E-state index contributed by atoms with van der Waals surface area (Å²) in [6, 6.07) is 46.7. The normalized spacial score (nSPS) is 15.8. The molecule has 2 aliphatic carbocycles. The van der Waals surface area contributed by atoms with Crippen LogP contribution in [0, 0.1) is 0 Å². The van der Waals surface area contributed by atoms with Crippen LogP contribution in [0.15, 0.2) is 132 Å². The number of benzene rings is 6. The van der Waals surface area contributed by atoms with Gasteiger partial charge in [-0.2, -0.15) is 0 Å². The second-order valence-electron chi connectivity index (χ2n) is 12.3. The molecule has 206 valence electrons. The lowest BCUT2D eigenvalue weighted by Gasteiger charge is -2.47. The zero-order valence-corrected chi connectivity index (χ0v) is 26.2. The third kappa shape index (κ3) is 3.08. The second kappa shape index (κ2) is 8.72. The number of para-hydroxylation sites is 2. The molecule has 0 amide bonds. The molecule has 6 aromatic carbocycles. The molecule has 43 heavy (non-hydrogen) atoms. The second-order valence-corrected chi connectivity index (χ2v) is 13.6. The Hall–Kier alpha value is -4.11. The minimum absolute atomic E-state index is 0.272. The van der Waals surface area contributed by atoms with Crippen LogP contribution < -0.4 is 4.90 Å². The van der Waals surface area contributed by atoms with E-state index in [2.05, 4.69) is 156 Å². The topological polar surface area (TPSA) is 3.24 Å². The van der Waals surface area contributed by atoms with Crippen LogP contribution in [0.25, 0.3) is 22.3 Å². The first kappa shape index (κ1) is 25.4. The molecular weight excluding hydrogens is 610 g/mol. The highest BCUT2D eigenvalue weighted by Crippen LogP contribution is 2.67. The number of halogens is 2. The van der Waals surface area contributed by atoms with Crippen LogP contribution in [0.1, 0.15) is 47.2 Å². The number of hydrogen-bond donors (Lipinski definition) is 0. The Morgan fingerprint density at radius 3 is 1.84 bits per heavy atom. The van der Waals surface area contributed by atoms with Crippen LogP contribution in [-0.4, -0.2) is 0 Å². The third-order valence-corrected chi connectivity index (χ3v) is 10.8. The molecule has 0 N–H and O–H groups in total. The van der Waals surface area contributed by atoms with Gasteiger partial charge in [-0.05, 0) is 102 Å². The lowest BCUT2D eigenvalue weighted by Crippen LogP contribution is -2.38. The maximum absolute atomic E-state index is 6.64. The van der Waals surface area contributed by atoms with Crippen molar-refractivity contribution in [1.82, 2.24) is 0 Å². The van der Waals surface area contributed by atoms with Gasteiger partial charge in [-0.1, -0.05) is 123 Å². The fourth-order valence-corrected chi connectivity index (χ4v) is 9.05. The van der Waals surface area contributed by atoms with E-state index >= 15 is 0 Å². The molecule has 0 fully saturated rings. The summed E-state index contributed by atoms with van der Waals surface area (Å²) in [6.07, 6.45) is 0. The van der Waals surface area contributed by atoms with Crippen LogP contribution >= 0.6 is 27.5 Å². The maximum Gasteiger partial charge on any atom is 0.0754 e. The van der Waals surface area contributed by atoms with Gasteiger partial charge in [0.2, 0.25) is 0 Å². The van der Waals surface area contributed by atoms with Crippen molar-refractivity contribution in [3.05, 3.63) is 170 Å². The van der Waals surface area contributed by atoms with E-state index in [-0.39, 0.29) is 5.41 Å². The van der Waals surface area contributed by atoms with Gasteiger partial charge in [0.05, 0.1) is 16.8 Å². The number of rotatable bonds is 1. The van der Waals surface area contributed by atoms with Gasteiger partial charge < -0.3 is 4.90 Å². The van der Waals surface area contributed by atoms with E-state index < -0.39 is 5.41 Å². The molecule has 0 atom stereocenters. The first-order chi connectivity index (χ1) is 20.9. The highest BCUT2D eigenvalue weighted by molar-refractivity contribution is 9.10. The van der Waals surface area contributed by atoms with E-state index in [1.54, 1.807) is 0 Å². The molecule has 9 rings (SSSR count). The van der Waals surface area contributed by atoms with E-state index in [0.717, 1.165) is 15.2 Å². The minimum atomic E-state index is -0.482. The summed E-state index contributed by atoms with van der Waals surface area (Å²) in [7, 11) is 0. The largest absolute Gasteiger partial charge is 0.308 e. The fraction of sp³-hybridized carbons (Fsp3) is 0.100. The molecule has 3 heteroatoms. The Labute approximate surface area is 265 Å². The predicted octanol–water partition coefficient (Wildman–Crippen LogP) is 11.6. The number of hydrogen-bond acceptors (Lipinski definition) is 1. The van der Waals surface area contributed by atoms with E-state index in [1.165, 1.54) is 67.0 Å². The van der Waals surface area contributed by atoms with Gasteiger partial charge in [0.25, 0.3) is 0 Å². The fourth-order valence-electron chi connectivity index (χ4n) is 8.34. The number of nitrogens with zero attached hydrogens (tertiary/aromatic N) is 1. The maximum atomic E-state index is 6.64. The molecular formula is C40H27BrClN. The highest BCUT2D eigenvalue weighted by Gasteiger charge is 2.54. The van der Waals surface area contributed by atoms with E-state index in [0.29, 0.717) is 0 Å². The molecule has 0 radical (unpaired) electrons. The highest BCUT2D eigenvalue weighted by atomic mass is 79.9. The smallest absolute Gasteiger partial charge is 0.0754 e. The molecule has 3 aliphatic rings. The van der Waals surface area contributed by atoms with Gasteiger partial charge in [-0.15, -0.1) is 0 Å². The Morgan fingerprint density at radius 2 is 1.12 bits per heavy atom. The molecule has 6 aromatic rings. The summed E-state index contributed by atoms with van der Waals surface area (Å²) in [5.41, 5.74) is 15.9. The van der Waals surface area contributed by atoms with E-state index in [9.17, 15) is 0 Å². The Bertz CT molecular complexity index is 2100. The van der Waals surface area contributed by atoms with Crippen molar-refractivity contribution in [1.29, 1.82) is 0 Å². The Morgan fingerprint density at radius 1 is 0.535 bits per heavy atom. The van der Waals surface area contributed by atoms with Crippen LogP contribution in [0.5, 0.6) is 0 Å². The zero-order chi connectivity index (χ0) is 29.1. The molecule has 1 aliphatic heterocycles.